The van der Waals surface area contributed by atoms with Gasteiger partial charge in [0.1, 0.15) is 16.8 Å². The van der Waals surface area contributed by atoms with E-state index in [1.54, 1.807) is 0 Å². The molecule has 0 radical (unpaired) electrons. The van der Waals surface area contributed by atoms with E-state index in [9.17, 15) is 24.3 Å². The van der Waals surface area contributed by atoms with Crippen molar-refractivity contribution in [3.63, 3.8) is 0 Å². The molecule has 0 spiro atoms. The Hall–Kier alpha value is -3.56. The number of oxime groups is 1. The minimum Gasteiger partial charge on any atom is -0.481 e. The number of rotatable bonds is 12. The fourth-order valence-corrected chi connectivity index (χ4v) is 6.75. The number of β-lactam (4-membered cyclic amide) rings is 1. The van der Waals surface area contributed by atoms with Crippen LogP contribution in [0.5, 0.6) is 0 Å². The standard InChI is InChI=1S/C17H21N11O7S3/c18-1-2-28-16(22-25-26-28)37-6-17(14(33)34)4-27-12(32)9(13(27)36-5-17)20-11(31)8(23-35-3-7(29)30)10-21-15(19)38-24-10/h9,13H,1-6,18H2,(H,20,31)(H,29,30)(H,33,34)(H2,19,21,24)/t9?,13-,17?/m1/s1. The summed E-state index contributed by atoms with van der Waals surface area (Å²) in [5.41, 5.74) is 9.37. The van der Waals surface area contributed by atoms with Crippen LogP contribution in [0.15, 0.2) is 10.3 Å². The molecule has 0 aliphatic carbocycles. The van der Waals surface area contributed by atoms with Crippen LogP contribution in [0.3, 0.4) is 0 Å². The number of aliphatic carboxylic acids is 2. The highest BCUT2D eigenvalue weighted by Crippen LogP contribution is 2.44. The molecule has 3 atom stereocenters. The Balaban J connectivity index is 1.42. The maximum absolute atomic E-state index is 12.9. The van der Waals surface area contributed by atoms with E-state index < -0.39 is 52.9 Å². The minimum absolute atomic E-state index is 0.0346. The van der Waals surface area contributed by atoms with Gasteiger partial charge in [0.25, 0.3) is 5.91 Å². The monoisotopic (exact) mass is 587 g/mol. The molecule has 2 fully saturated rings. The van der Waals surface area contributed by atoms with Gasteiger partial charge in [0.05, 0.1) is 6.54 Å². The first-order valence-electron chi connectivity index (χ1n) is 10.7. The van der Waals surface area contributed by atoms with E-state index in [0.717, 1.165) is 23.3 Å². The quantitative estimate of drug-likeness (QED) is 0.0722. The van der Waals surface area contributed by atoms with Crippen LogP contribution in [0.25, 0.3) is 0 Å². The third kappa shape index (κ3) is 5.63. The van der Waals surface area contributed by atoms with Crippen LogP contribution in [-0.2, 0) is 30.6 Å². The molecule has 2 amide bonds. The van der Waals surface area contributed by atoms with Crippen molar-refractivity contribution < 1.29 is 34.2 Å². The Morgan fingerprint density at radius 1 is 1.34 bits per heavy atom. The van der Waals surface area contributed by atoms with Crippen LogP contribution in [0.2, 0.25) is 0 Å². The van der Waals surface area contributed by atoms with E-state index in [4.69, 9.17) is 16.6 Å². The number of carboxylic acid groups (broad SMARTS) is 2. The van der Waals surface area contributed by atoms with Gasteiger partial charge in [-0.3, -0.25) is 14.4 Å². The van der Waals surface area contributed by atoms with Gasteiger partial charge in [0.15, 0.2) is 5.13 Å². The number of nitrogens with one attached hydrogen (secondary N) is 1. The maximum atomic E-state index is 12.9. The van der Waals surface area contributed by atoms with Crippen molar-refractivity contribution in [1.29, 1.82) is 0 Å². The molecule has 2 aliphatic rings. The normalized spacial score (nSPS) is 22.9. The highest BCUT2D eigenvalue weighted by atomic mass is 32.2. The first kappa shape index (κ1) is 27.5. The summed E-state index contributed by atoms with van der Waals surface area (Å²) in [6, 6.07) is -0.982. The zero-order chi connectivity index (χ0) is 27.4. The lowest BCUT2D eigenvalue weighted by Gasteiger charge is -2.53. The summed E-state index contributed by atoms with van der Waals surface area (Å²) < 4.78 is 5.36. The van der Waals surface area contributed by atoms with E-state index in [1.807, 2.05) is 0 Å². The summed E-state index contributed by atoms with van der Waals surface area (Å²) in [7, 11) is 0. The maximum Gasteiger partial charge on any atom is 0.344 e. The number of amides is 2. The molecule has 0 saturated carbocycles. The number of carbonyl (C=O) groups is 4. The van der Waals surface area contributed by atoms with Crippen LogP contribution < -0.4 is 16.8 Å². The van der Waals surface area contributed by atoms with Gasteiger partial charge in [-0.2, -0.15) is 9.36 Å². The number of fused-ring (bicyclic) bond motifs is 1. The van der Waals surface area contributed by atoms with Crippen molar-refractivity contribution in [3.05, 3.63) is 5.82 Å². The number of nitrogen functional groups attached to an aromatic ring is 1. The molecule has 2 aromatic rings. The first-order chi connectivity index (χ1) is 18.1. The van der Waals surface area contributed by atoms with E-state index in [0.29, 0.717) is 18.2 Å². The van der Waals surface area contributed by atoms with Crippen molar-refractivity contribution in [3.8, 4) is 0 Å². The number of hydrogen-bond acceptors (Lipinski definition) is 16. The molecule has 21 heteroatoms. The van der Waals surface area contributed by atoms with Crippen LogP contribution in [0.1, 0.15) is 5.82 Å². The number of carbonyl (C=O) groups excluding carboxylic acids is 2. The summed E-state index contributed by atoms with van der Waals surface area (Å²) in [6.45, 7) is -0.226. The first-order valence-corrected chi connectivity index (χ1v) is 13.5. The van der Waals surface area contributed by atoms with Gasteiger partial charge in [0.2, 0.25) is 29.2 Å². The lowest BCUT2D eigenvalue weighted by Crippen LogP contribution is -2.74. The number of aromatic nitrogens is 6. The van der Waals surface area contributed by atoms with E-state index in [1.165, 1.54) is 21.3 Å². The van der Waals surface area contributed by atoms with Crippen LogP contribution in [0, 0.1) is 5.41 Å². The smallest absolute Gasteiger partial charge is 0.344 e. The summed E-state index contributed by atoms with van der Waals surface area (Å²) in [4.78, 5) is 58.8. The Kier molecular flexibility index (Phi) is 8.28. The molecule has 2 unspecified atom stereocenters. The lowest BCUT2D eigenvalue weighted by molar-refractivity contribution is -0.157. The number of thioether (sulfide) groups is 2. The molecule has 0 bridgehead atoms. The second-order valence-corrected chi connectivity index (χ2v) is 10.9. The van der Waals surface area contributed by atoms with Gasteiger partial charge in [-0.05, 0) is 10.4 Å². The number of anilines is 1. The third-order valence-corrected chi connectivity index (χ3v) is 8.79. The Morgan fingerprint density at radius 2 is 2.13 bits per heavy atom. The van der Waals surface area contributed by atoms with Crippen molar-refractivity contribution >= 4 is 69.7 Å². The van der Waals surface area contributed by atoms with Crippen LogP contribution in [-0.4, -0.2) is 117 Å². The fourth-order valence-electron chi connectivity index (χ4n) is 3.55. The molecular formula is C17H21N11O7S3. The number of carboxylic acids is 2. The number of tetrazole rings is 1. The van der Waals surface area contributed by atoms with E-state index in [2.05, 4.69) is 40.2 Å². The van der Waals surface area contributed by atoms with Gasteiger partial charge in [-0.1, -0.05) is 16.9 Å². The van der Waals surface area contributed by atoms with Crippen molar-refractivity contribution in [1.82, 2.24) is 39.8 Å². The van der Waals surface area contributed by atoms with Gasteiger partial charge in [-0.15, -0.1) is 16.9 Å². The highest BCUT2D eigenvalue weighted by Gasteiger charge is 2.57. The fraction of sp³-hybridized carbons (Fsp3) is 0.529. The molecule has 38 heavy (non-hydrogen) atoms. The molecule has 0 aromatic carbocycles. The Labute approximate surface area is 225 Å². The minimum atomic E-state index is -1.32. The second-order valence-electron chi connectivity index (χ2n) is 8.03. The molecule has 2 saturated heterocycles. The van der Waals surface area contributed by atoms with E-state index in [-0.39, 0.29) is 29.0 Å². The summed E-state index contributed by atoms with van der Waals surface area (Å²) in [5.74, 6) is -3.72. The van der Waals surface area contributed by atoms with Gasteiger partial charge < -0.3 is 36.7 Å². The molecule has 4 rings (SSSR count). The van der Waals surface area contributed by atoms with Crippen molar-refractivity contribution in [2.24, 2.45) is 16.3 Å². The largest absolute Gasteiger partial charge is 0.481 e. The van der Waals surface area contributed by atoms with Gasteiger partial charge in [-0.25, -0.2) is 9.48 Å². The zero-order valence-electron chi connectivity index (χ0n) is 19.3. The average molecular weight is 588 g/mol. The summed E-state index contributed by atoms with van der Waals surface area (Å²) in [6.07, 6.45) is 0. The lowest BCUT2D eigenvalue weighted by atomic mass is 9.89. The summed E-state index contributed by atoms with van der Waals surface area (Å²) in [5, 5.41) is 36.1. The van der Waals surface area contributed by atoms with Gasteiger partial charge >= 0.3 is 11.9 Å². The Morgan fingerprint density at radius 3 is 2.79 bits per heavy atom. The molecule has 7 N–H and O–H groups in total. The Bertz CT molecular complexity index is 1270. The van der Waals surface area contributed by atoms with Crippen LogP contribution in [0.4, 0.5) is 5.13 Å². The highest BCUT2D eigenvalue weighted by molar-refractivity contribution is 8.00. The molecule has 2 aliphatic heterocycles. The third-order valence-electron chi connectivity index (χ3n) is 5.42. The van der Waals surface area contributed by atoms with Crippen molar-refractivity contribution in [2.75, 3.05) is 36.9 Å². The van der Waals surface area contributed by atoms with E-state index >= 15 is 0 Å². The predicted octanol–water partition coefficient (Wildman–Crippen LogP) is -2.87. The zero-order valence-corrected chi connectivity index (χ0v) is 21.7. The predicted molar refractivity (Wildman–Crippen MR) is 132 cm³/mol. The number of nitrogens with two attached hydrogens (primary N) is 2. The number of hydrogen-bond donors (Lipinski definition) is 5. The molecular weight excluding hydrogens is 566 g/mol. The second kappa shape index (κ2) is 11.4. The molecule has 204 valence electrons. The molecule has 4 heterocycles. The topological polar surface area (TPSA) is 267 Å². The SMILES string of the molecule is NCCn1nnnc1SCC1(C(=O)O)CS[C@@H]2C(NC(=O)C(=NOCC(=O)O)c3nsc(N)n3)C(=O)N2C1. The molecule has 18 nitrogen and oxygen atoms in total. The average Bonchev–Trinajstić information content (AvgIpc) is 3.52. The summed E-state index contributed by atoms with van der Waals surface area (Å²) >= 11 is 3.15. The van der Waals surface area contributed by atoms with Crippen LogP contribution >= 0.6 is 35.1 Å². The number of nitrogens with zero attached hydrogens (tertiary/aromatic N) is 8. The molecule has 2 aromatic heterocycles. The van der Waals surface area contributed by atoms with Crippen molar-refractivity contribution in [2.45, 2.75) is 23.1 Å². The van der Waals surface area contributed by atoms with Gasteiger partial charge in [0, 0.05) is 36.1 Å².